The molecule has 2 aromatic carbocycles. The van der Waals surface area contributed by atoms with Gasteiger partial charge < -0.3 is 25.0 Å². The lowest BCUT2D eigenvalue weighted by Gasteiger charge is -2.52. The molecule has 3 amide bonds. The molecule has 0 bridgehead atoms. The van der Waals surface area contributed by atoms with E-state index in [2.05, 4.69) is 10.6 Å². The number of nitrogens with zero attached hydrogens (tertiary/aromatic N) is 1. The number of nitrogens with one attached hydrogen (secondary N) is 2. The lowest BCUT2D eigenvalue weighted by atomic mass is 9.81. The summed E-state index contributed by atoms with van der Waals surface area (Å²) in [6, 6.07) is 13.6. The van der Waals surface area contributed by atoms with Crippen LogP contribution in [-0.2, 0) is 35.3 Å². The van der Waals surface area contributed by atoms with Gasteiger partial charge in [0, 0.05) is 6.42 Å². The Morgan fingerprint density at radius 2 is 1.63 bits per heavy atom. The number of alkyl carbamates (subject to hydrolysis) is 1. The number of hydrogen-bond acceptors (Lipinski definition) is 7. The number of ether oxygens (including phenoxy) is 2. The highest BCUT2D eigenvalue weighted by Gasteiger charge is 2.57. The fourth-order valence-electron chi connectivity index (χ4n) is 4.59. The van der Waals surface area contributed by atoms with E-state index in [9.17, 15) is 24.0 Å². The van der Waals surface area contributed by atoms with Gasteiger partial charge in [-0.25, -0.2) is 9.59 Å². The highest BCUT2D eigenvalue weighted by molar-refractivity contribution is 6.10. The number of ketones is 1. The molecule has 0 aromatic heterocycles. The second-order valence-corrected chi connectivity index (χ2v) is 10.3. The van der Waals surface area contributed by atoms with E-state index in [1.54, 1.807) is 75.4 Å². The van der Waals surface area contributed by atoms with Crippen molar-refractivity contribution >= 4 is 29.7 Å². The second kappa shape index (κ2) is 11.0. The van der Waals surface area contributed by atoms with E-state index in [4.69, 9.17) is 9.47 Å². The number of piperidine rings is 1. The van der Waals surface area contributed by atoms with Crippen LogP contribution in [-0.4, -0.2) is 58.3 Å². The van der Waals surface area contributed by atoms with Gasteiger partial charge in [-0.05, 0) is 38.3 Å². The van der Waals surface area contributed by atoms with E-state index >= 15 is 0 Å². The molecule has 2 heterocycles. The van der Waals surface area contributed by atoms with Crippen LogP contribution in [0, 0.1) is 0 Å². The molecule has 2 unspecified atom stereocenters. The summed E-state index contributed by atoms with van der Waals surface area (Å²) in [4.78, 5) is 65.4. The molecular formula is C28H31N3O7. The highest BCUT2D eigenvalue weighted by Crippen LogP contribution is 2.33. The third-order valence-electron chi connectivity index (χ3n) is 6.33. The number of fused-ring (bicyclic) bond motifs is 1. The fraction of sp³-hybridized carbons (Fsp3) is 0.393. The molecule has 10 nitrogen and oxygen atoms in total. The molecular weight excluding hydrogens is 490 g/mol. The van der Waals surface area contributed by atoms with E-state index in [0.717, 1.165) is 5.56 Å². The van der Waals surface area contributed by atoms with Crippen molar-refractivity contribution in [3.05, 3.63) is 71.8 Å². The summed E-state index contributed by atoms with van der Waals surface area (Å²) in [6.45, 7) is 5.09. The van der Waals surface area contributed by atoms with Crippen LogP contribution in [0.2, 0.25) is 0 Å². The largest absolute Gasteiger partial charge is 0.459 e. The molecule has 4 rings (SSSR count). The maximum atomic E-state index is 13.3. The zero-order chi connectivity index (χ0) is 27.4. The first-order valence-electron chi connectivity index (χ1n) is 12.5. The maximum Gasteiger partial charge on any atom is 0.408 e. The van der Waals surface area contributed by atoms with Crippen LogP contribution < -0.4 is 10.6 Å². The normalized spacial score (nSPS) is 21.4. The van der Waals surface area contributed by atoms with Crippen LogP contribution in [0.25, 0.3) is 0 Å². The van der Waals surface area contributed by atoms with Gasteiger partial charge in [-0.2, -0.15) is 0 Å². The van der Waals surface area contributed by atoms with E-state index in [-0.39, 0.29) is 13.0 Å². The standard InChI is InChI=1S/C28H31N3O7/c1-28(2,3)38-27(36)30-21(18-12-8-5-9-13-18)24(33)29-22-19-14-15-20(32)23(31(19)25(22)34)26(35)37-16-17-10-6-4-7-11-17/h4-13,19,21-23H,14-16H2,1-3H3,(H,29,33)(H,30,36)/t19-,21?,22-,23?/m0/s1. The topological polar surface area (TPSA) is 131 Å². The molecule has 200 valence electrons. The van der Waals surface area contributed by atoms with Gasteiger partial charge in [-0.3, -0.25) is 14.4 Å². The summed E-state index contributed by atoms with van der Waals surface area (Å²) in [5.74, 6) is -2.36. The molecule has 2 aromatic rings. The van der Waals surface area contributed by atoms with Gasteiger partial charge in [0.2, 0.25) is 11.8 Å². The summed E-state index contributed by atoms with van der Waals surface area (Å²) < 4.78 is 10.6. The minimum Gasteiger partial charge on any atom is -0.459 e. The Bertz CT molecular complexity index is 1210. The number of amides is 3. The Kier molecular flexibility index (Phi) is 7.80. The first-order chi connectivity index (χ1) is 18.0. The number of carbonyl (C=O) groups excluding carboxylic acids is 5. The van der Waals surface area contributed by atoms with Crippen LogP contribution in [0.3, 0.4) is 0 Å². The van der Waals surface area contributed by atoms with Gasteiger partial charge in [0.15, 0.2) is 11.8 Å². The lowest BCUT2D eigenvalue weighted by Crippen LogP contribution is -2.77. The summed E-state index contributed by atoms with van der Waals surface area (Å²) in [7, 11) is 0. The van der Waals surface area contributed by atoms with Gasteiger partial charge in [0.05, 0.1) is 6.04 Å². The first-order valence-corrected chi connectivity index (χ1v) is 12.5. The molecule has 0 aliphatic carbocycles. The van der Waals surface area contributed by atoms with Gasteiger partial charge in [0.1, 0.15) is 24.3 Å². The average Bonchev–Trinajstić information content (AvgIpc) is 2.88. The second-order valence-electron chi connectivity index (χ2n) is 10.3. The summed E-state index contributed by atoms with van der Waals surface area (Å²) in [5, 5.41) is 5.27. The summed E-state index contributed by atoms with van der Waals surface area (Å²) in [5.41, 5.74) is 0.483. The number of carbonyl (C=O) groups is 5. The molecule has 0 saturated carbocycles. The van der Waals surface area contributed by atoms with Crippen molar-refractivity contribution in [3.8, 4) is 0 Å². The number of rotatable bonds is 7. The number of hydrogen-bond donors (Lipinski definition) is 2. The Hall–Kier alpha value is -4.21. The first kappa shape index (κ1) is 26.8. The maximum absolute atomic E-state index is 13.3. The van der Waals surface area contributed by atoms with Crippen molar-refractivity contribution in [2.24, 2.45) is 0 Å². The average molecular weight is 522 g/mol. The van der Waals surface area contributed by atoms with Crippen molar-refractivity contribution in [1.82, 2.24) is 15.5 Å². The number of esters is 1. The SMILES string of the molecule is CC(C)(C)OC(=O)NC(C(=O)N[C@@H]1C(=O)N2C(C(=O)OCc3ccccc3)C(=O)CC[C@@H]12)c1ccccc1. The van der Waals surface area contributed by atoms with Crippen LogP contribution in [0.5, 0.6) is 0 Å². The molecule has 2 aliphatic rings. The van der Waals surface area contributed by atoms with Gasteiger partial charge in [-0.1, -0.05) is 60.7 Å². The minimum atomic E-state index is -1.34. The van der Waals surface area contributed by atoms with Crippen LogP contribution in [0.4, 0.5) is 4.79 Å². The molecule has 2 aliphatic heterocycles. The number of β-lactam (4-membered cyclic amide) rings is 1. The predicted octanol–water partition coefficient (Wildman–Crippen LogP) is 2.42. The lowest BCUT2D eigenvalue weighted by molar-refractivity contribution is -0.177. The predicted molar refractivity (Wildman–Crippen MR) is 135 cm³/mol. The van der Waals surface area contributed by atoms with Crippen LogP contribution in [0.1, 0.15) is 50.8 Å². The number of Topliss-reactive ketones (excluding diaryl/α,β-unsaturated/α-hetero) is 1. The van der Waals surface area contributed by atoms with Crippen molar-refractivity contribution < 1.29 is 33.4 Å². The molecule has 0 radical (unpaired) electrons. The molecule has 2 fully saturated rings. The third kappa shape index (κ3) is 6.01. The molecule has 4 atom stereocenters. The van der Waals surface area contributed by atoms with Gasteiger partial charge >= 0.3 is 12.1 Å². The fourth-order valence-corrected chi connectivity index (χ4v) is 4.59. The molecule has 38 heavy (non-hydrogen) atoms. The van der Waals surface area contributed by atoms with Gasteiger partial charge in [-0.15, -0.1) is 0 Å². The number of benzene rings is 2. The van der Waals surface area contributed by atoms with Crippen LogP contribution >= 0.6 is 0 Å². The quantitative estimate of drug-likeness (QED) is 0.325. The zero-order valence-corrected chi connectivity index (χ0v) is 21.5. The van der Waals surface area contributed by atoms with E-state index in [0.29, 0.717) is 12.0 Å². The summed E-state index contributed by atoms with van der Waals surface area (Å²) in [6.07, 6.45) is -0.412. The van der Waals surface area contributed by atoms with E-state index in [1.807, 2.05) is 6.07 Å². The monoisotopic (exact) mass is 521 g/mol. The van der Waals surface area contributed by atoms with Crippen molar-refractivity contribution in [3.63, 3.8) is 0 Å². The molecule has 2 saturated heterocycles. The van der Waals surface area contributed by atoms with Crippen LogP contribution in [0.15, 0.2) is 60.7 Å². The molecule has 2 N–H and O–H groups in total. The van der Waals surface area contributed by atoms with E-state index in [1.165, 1.54) is 4.90 Å². The summed E-state index contributed by atoms with van der Waals surface area (Å²) >= 11 is 0. The van der Waals surface area contributed by atoms with Crippen molar-refractivity contribution in [1.29, 1.82) is 0 Å². The Morgan fingerprint density at radius 3 is 2.26 bits per heavy atom. The smallest absolute Gasteiger partial charge is 0.408 e. The minimum absolute atomic E-state index is 0.0224. The Morgan fingerprint density at radius 1 is 1.00 bits per heavy atom. The van der Waals surface area contributed by atoms with Crippen molar-refractivity contribution in [2.45, 2.75) is 70.0 Å². The Balaban J connectivity index is 1.44. The third-order valence-corrected chi connectivity index (χ3v) is 6.33. The molecule has 0 spiro atoms. The van der Waals surface area contributed by atoms with E-state index < -0.39 is 59.4 Å². The van der Waals surface area contributed by atoms with Crippen molar-refractivity contribution in [2.75, 3.05) is 0 Å². The Labute approximate surface area is 220 Å². The highest BCUT2D eigenvalue weighted by atomic mass is 16.6. The molecule has 10 heteroatoms. The van der Waals surface area contributed by atoms with Gasteiger partial charge in [0.25, 0.3) is 0 Å². The zero-order valence-electron chi connectivity index (χ0n) is 21.5.